The first-order valence-electron chi connectivity index (χ1n) is 3.07. The lowest BCUT2D eigenvalue weighted by Gasteiger charge is -1.89. The molecule has 11 heavy (non-hydrogen) atoms. The van der Waals surface area contributed by atoms with Crippen molar-refractivity contribution in [1.29, 1.82) is 0 Å². The lowest BCUT2D eigenvalue weighted by molar-refractivity contribution is 0.583. The van der Waals surface area contributed by atoms with Gasteiger partial charge in [-0.05, 0) is 24.4 Å². The molecule has 0 saturated heterocycles. The third kappa shape index (κ3) is 2.29. The van der Waals surface area contributed by atoms with Crippen LogP contribution in [0.1, 0.15) is 5.56 Å². The van der Waals surface area contributed by atoms with Gasteiger partial charge in [-0.15, -0.1) is 0 Å². The van der Waals surface area contributed by atoms with Crippen LogP contribution in [-0.2, 0) is 0 Å². The first-order valence-corrected chi connectivity index (χ1v) is 3.07. The number of halogens is 1. The first kappa shape index (κ1) is 7.60. The number of pyridine rings is 1. The summed E-state index contributed by atoms with van der Waals surface area (Å²) in [6, 6.07) is 3.01. The van der Waals surface area contributed by atoms with Crippen LogP contribution in [0.25, 0.3) is 6.08 Å². The highest BCUT2D eigenvalue weighted by Gasteiger charge is 1.89. The van der Waals surface area contributed by atoms with E-state index in [0.29, 0.717) is 0 Å². The van der Waals surface area contributed by atoms with Gasteiger partial charge in [-0.2, -0.15) is 4.39 Å². The van der Waals surface area contributed by atoms with Gasteiger partial charge >= 0.3 is 0 Å². The maximum Gasteiger partial charge on any atom is 0.213 e. The number of nitrogens with zero attached hydrogens (tertiary/aromatic N) is 2. The third-order valence-electron chi connectivity index (χ3n) is 1.12. The van der Waals surface area contributed by atoms with Crippen molar-refractivity contribution in [1.82, 2.24) is 4.98 Å². The summed E-state index contributed by atoms with van der Waals surface area (Å²) in [4.78, 5) is 6.89. The molecule has 1 aromatic rings. The van der Waals surface area contributed by atoms with Crippen LogP contribution in [0, 0.1) is 5.95 Å². The Hall–Kier alpha value is -1.51. The van der Waals surface area contributed by atoms with Gasteiger partial charge in [-0.1, -0.05) is 0 Å². The van der Waals surface area contributed by atoms with Gasteiger partial charge < -0.3 is 0 Å². The van der Waals surface area contributed by atoms with Crippen LogP contribution in [0.5, 0.6) is 0 Å². The quantitative estimate of drug-likeness (QED) is 0.467. The highest BCUT2D eigenvalue weighted by atomic mass is 19.1. The third-order valence-corrected chi connectivity index (χ3v) is 1.12. The minimum absolute atomic E-state index is 0.490. The average Bonchev–Trinajstić information content (AvgIpc) is 2.01. The van der Waals surface area contributed by atoms with Crippen molar-refractivity contribution in [2.45, 2.75) is 0 Å². The van der Waals surface area contributed by atoms with E-state index in [0.717, 1.165) is 5.56 Å². The number of aliphatic imine (C=N–C) groups is 1. The van der Waals surface area contributed by atoms with E-state index in [1.165, 1.54) is 18.5 Å². The summed E-state index contributed by atoms with van der Waals surface area (Å²) >= 11 is 0. The SMILES string of the molecule is C=N/C=C/c1ccnc(F)c1. The second kappa shape index (κ2) is 3.61. The van der Waals surface area contributed by atoms with Gasteiger partial charge in [0.1, 0.15) is 0 Å². The molecule has 0 aliphatic rings. The summed E-state index contributed by atoms with van der Waals surface area (Å²) < 4.78 is 12.4. The van der Waals surface area contributed by atoms with Crippen LogP contribution in [0.15, 0.2) is 29.5 Å². The van der Waals surface area contributed by atoms with Crippen molar-refractivity contribution in [3.05, 3.63) is 36.0 Å². The zero-order valence-corrected chi connectivity index (χ0v) is 5.87. The van der Waals surface area contributed by atoms with Crippen molar-refractivity contribution < 1.29 is 4.39 Å². The van der Waals surface area contributed by atoms with Crippen molar-refractivity contribution in [3.63, 3.8) is 0 Å². The second-order valence-corrected chi connectivity index (χ2v) is 1.91. The van der Waals surface area contributed by atoms with Gasteiger partial charge in [-0.3, -0.25) is 4.99 Å². The molecular weight excluding hydrogens is 143 g/mol. The Morgan fingerprint density at radius 1 is 1.64 bits per heavy atom. The zero-order valence-electron chi connectivity index (χ0n) is 5.87. The van der Waals surface area contributed by atoms with E-state index in [-0.39, 0.29) is 0 Å². The fourth-order valence-electron chi connectivity index (χ4n) is 0.660. The van der Waals surface area contributed by atoms with E-state index in [1.54, 1.807) is 12.1 Å². The van der Waals surface area contributed by atoms with E-state index in [9.17, 15) is 4.39 Å². The summed E-state index contributed by atoms with van der Waals surface area (Å²) in [5, 5.41) is 0. The fourth-order valence-corrected chi connectivity index (χ4v) is 0.660. The maximum atomic E-state index is 12.4. The van der Waals surface area contributed by atoms with Crippen LogP contribution in [-0.4, -0.2) is 11.7 Å². The van der Waals surface area contributed by atoms with E-state index < -0.39 is 5.95 Å². The van der Waals surface area contributed by atoms with Crippen molar-refractivity contribution in [2.24, 2.45) is 4.99 Å². The molecule has 0 N–H and O–H groups in total. The van der Waals surface area contributed by atoms with Gasteiger partial charge in [0.2, 0.25) is 5.95 Å². The largest absolute Gasteiger partial charge is 0.272 e. The van der Waals surface area contributed by atoms with Crippen LogP contribution in [0.4, 0.5) is 4.39 Å². The summed E-state index contributed by atoms with van der Waals surface area (Å²) in [5.41, 5.74) is 0.727. The molecule has 1 aromatic heterocycles. The molecule has 0 saturated carbocycles. The summed E-state index contributed by atoms with van der Waals surface area (Å²) in [7, 11) is 0. The minimum atomic E-state index is -0.490. The van der Waals surface area contributed by atoms with Gasteiger partial charge in [0.25, 0.3) is 0 Å². The molecule has 0 atom stereocenters. The molecule has 0 aromatic carbocycles. The molecule has 0 radical (unpaired) electrons. The lowest BCUT2D eigenvalue weighted by Crippen LogP contribution is -1.80. The smallest absolute Gasteiger partial charge is 0.213 e. The van der Waals surface area contributed by atoms with Crippen molar-refractivity contribution >= 4 is 12.8 Å². The fraction of sp³-hybridized carbons (Fsp3) is 0. The number of aromatic nitrogens is 1. The molecule has 0 fully saturated rings. The predicted molar refractivity (Wildman–Crippen MR) is 42.8 cm³/mol. The monoisotopic (exact) mass is 150 g/mol. The Morgan fingerprint density at radius 2 is 2.45 bits per heavy atom. The van der Waals surface area contributed by atoms with Gasteiger partial charge in [0.05, 0.1) is 0 Å². The number of hydrogen-bond acceptors (Lipinski definition) is 2. The van der Waals surface area contributed by atoms with Crippen LogP contribution in [0.3, 0.4) is 0 Å². The normalized spacial score (nSPS) is 10.3. The molecular formula is C8H7FN2. The Balaban J connectivity index is 2.87. The molecule has 0 aliphatic carbocycles. The molecule has 0 amide bonds. The maximum absolute atomic E-state index is 12.4. The van der Waals surface area contributed by atoms with Gasteiger partial charge in [0, 0.05) is 18.5 Å². The van der Waals surface area contributed by atoms with Crippen molar-refractivity contribution in [2.75, 3.05) is 0 Å². The summed E-state index contributed by atoms with van der Waals surface area (Å²) in [6.45, 7) is 3.25. The molecule has 2 nitrogen and oxygen atoms in total. The van der Waals surface area contributed by atoms with Gasteiger partial charge in [0.15, 0.2) is 0 Å². The molecule has 56 valence electrons. The molecule has 0 aliphatic heterocycles. The Morgan fingerprint density at radius 3 is 3.09 bits per heavy atom. The summed E-state index contributed by atoms with van der Waals surface area (Å²) in [6.07, 6.45) is 4.55. The zero-order chi connectivity index (χ0) is 8.10. The second-order valence-electron chi connectivity index (χ2n) is 1.91. The molecule has 1 heterocycles. The van der Waals surface area contributed by atoms with Crippen LogP contribution in [0.2, 0.25) is 0 Å². The van der Waals surface area contributed by atoms with Crippen molar-refractivity contribution in [3.8, 4) is 0 Å². The van der Waals surface area contributed by atoms with E-state index in [2.05, 4.69) is 16.7 Å². The van der Waals surface area contributed by atoms with E-state index >= 15 is 0 Å². The van der Waals surface area contributed by atoms with Gasteiger partial charge in [-0.25, -0.2) is 4.98 Å². The summed E-state index contributed by atoms with van der Waals surface area (Å²) in [5.74, 6) is -0.490. The molecule has 3 heteroatoms. The van der Waals surface area contributed by atoms with Crippen LogP contribution < -0.4 is 0 Å². The van der Waals surface area contributed by atoms with E-state index in [1.807, 2.05) is 0 Å². The lowest BCUT2D eigenvalue weighted by atomic mass is 10.3. The van der Waals surface area contributed by atoms with E-state index in [4.69, 9.17) is 0 Å². The standard InChI is InChI=1S/C8H7FN2/c1-10-4-2-7-3-5-11-8(9)6-7/h2-6H,1H2/b4-2+. The molecule has 1 rings (SSSR count). The highest BCUT2D eigenvalue weighted by Crippen LogP contribution is 2.01. The minimum Gasteiger partial charge on any atom is -0.272 e. The first-order chi connectivity index (χ1) is 5.33. The Labute approximate surface area is 64.1 Å². The Kier molecular flexibility index (Phi) is 2.49. The Bertz CT molecular complexity index is 281. The highest BCUT2D eigenvalue weighted by molar-refractivity contribution is 5.48. The predicted octanol–water partition coefficient (Wildman–Crippen LogP) is 1.89. The number of rotatable bonds is 2. The molecule has 0 unspecified atom stereocenters. The topological polar surface area (TPSA) is 25.2 Å². The number of hydrogen-bond donors (Lipinski definition) is 0. The molecule has 0 spiro atoms. The molecule has 0 bridgehead atoms. The average molecular weight is 150 g/mol. The van der Waals surface area contributed by atoms with Crippen LogP contribution >= 0.6 is 0 Å².